The van der Waals surface area contributed by atoms with Crippen LogP contribution in [0.2, 0.25) is 0 Å². The standard InChI is InChI=1S/C10H9BrFN3S/c11-8-4-7(12)2-1-6(8)3-9(13)10-5-14-15-16-10/h1-2,4-5,9H,3,13H2. The second-order valence-corrected chi connectivity index (χ2v) is 5.04. The molecule has 0 saturated carbocycles. The van der Waals surface area contributed by atoms with E-state index in [0.29, 0.717) is 6.42 Å². The second-order valence-electron chi connectivity index (χ2n) is 3.37. The molecule has 0 amide bonds. The quantitative estimate of drug-likeness (QED) is 0.948. The number of nitrogens with two attached hydrogens (primary N) is 1. The van der Waals surface area contributed by atoms with Crippen LogP contribution in [0.15, 0.2) is 28.9 Å². The van der Waals surface area contributed by atoms with E-state index in [9.17, 15) is 4.39 Å². The Bertz CT molecular complexity index is 475. The van der Waals surface area contributed by atoms with E-state index in [1.54, 1.807) is 12.3 Å². The van der Waals surface area contributed by atoms with Gasteiger partial charge in [0.15, 0.2) is 0 Å². The highest BCUT2D eigenvalue weighted by Gasteiger charge is 2.11. The van der Waals surface area contributed by atoms with Crippen LogP contribution in [0.25, 0.3) is 0 Å². The summed E-state index contributed by atoms with van der Waals surface area (Å²) in [6, 6.07) is 4.44. The molecule has 0 radical (unpaired) electrons. The van der Waals surface area contributed by atoms with Crippen molar-refractivity contribution in [2.24, 2.45) is 5.73 Å². The van der Waals surface area contributed by atoms with Crippen LogP contribution >= 0.6 is 27.5 Å². The summed E-state index contributed by atoms with van der Waals surface area (Å²) in [6.07, 6.45) is 2.29. The molecular weight excluding hydrogens is 293 g/mol. The zero-order chi connectivity index (χ0) is 11.5. The van der Waals surface area contributed by atoms with E-state index in [-0.39, 0.29) is 11.9 Å². The van der Waals surface area contributed by atoms with Crippen LogP contribution in [-0.4, -0.2) is 9.59 Å². The smallest absolute Gasteiger partial charge is 0.124 e. The molecule has 0 aliphatic carbocycles. The third-order valence-electron chi connectivity index (χ3n) is 2.20. The molecule has 16 heavy (non-hydrogen) atoms. The van der Waals surface area contributed by atoms with Gasteiger partial charge >= 0.3 is 0 Å². The Morgan fingerprint density at radius 3 is 2.94 bits per heavy atom. The van der Waals surface area contributed by atoms with Gasteiger partial charge in [0.2, 0.25) is 0 Å². The molecule has 84 valence electrons. The molecule has 0 aliphatic rings. The van der Waals surface area contributed by atoms with E-state index in [1.807, 2.05) is 0 Å². The minimum atomic E-state index is -0.261. The van der Waals surface area contributed by atoms with E-state index < -0.39 is 0 Å². The minimum absolute atomic E-state index is 0.151. The zero-order valence-electron chi connectivity index (χ0n) is 8.23. The molecule has 2 rings (SSSR count). The Labute approximate surface area is 105 Å². The fourth-order valence-corrected chi connectivity index (χ4v) is 2.38. The van der Waals surface area contributed by atoms with Crippen molar-refractivity contribution in [2.75, 3.05) is 0 Å². The lowest BCUT2D eigenvalue weighted by molar-refractivity contribution is 0.624. The average molecular weight is 302 g/mol. The van der Waals surface area contributed by atoms with Gasteiger partial charge in [0.25, 0.3) is 0 Å². The van der Waals surface area contributed by atoms with Gasteiger partial charge in [0.05, 0.1) is 11.1 Å². The molecule has 6 heteroatoms. The third kappa shape index (κ3) is 2.63. The Morgan fingerprint density at radius 2 is 2.31 bits per heavy atom. The van der Waals surface area contributed by atoms with Crippen LogP contribution in [0.5, 0.6) is 0 Å². The summed E-state index contributed by atoms with van der Waals surface area (Å²) < 4.78 is 17.4. The maximum Gasteiger partial charge on any atom is 0.124 e. The van der Waals surface area contributed by atoms with E-state index in [0.717, 1.165) is 14.9 Å². The minimum Gasteiger partial charge on any atom is -0.323 e. The summed E-state index contributed by atoms with van der Waals surface area (Å²) >= 11 is 4.60. The van der Waals surface area contributed by atoms with Crippen molar-refractivity contribution in [3.05, 3.63) is 45.1 Å². The van der Waals surface area contributed by atoms with Gasteiger partial charge in [-0.15, -0.1) is 5.10 Å². The second kappa shape index (κ2) is 4.99. The van der Waals surface area contributed by atoms with E-state index in [1.165, 1.54) is 23.7 Å². The molecule has 0 aliphatic heterocycles. The molecule has 1 aromatic heterocycles. The van der Waals surface area contributed by atoms with Gasteiger partial charge in [0.1, 0.15) is 5.82 Å². The summed E-state index contributed by atoms with van der Waals surface area (Å²) in [5, 5.41) is 3.74. The van der Waals surface area contributed by atoms with Crippen molar-refractivity contribution in [2.45, 2.75) is 12.5 Å². The van der Waals surface area contributed by atoms with Crippen LogP contribution in [0.1, 0.15) is 16.5 Å². The summed E-state index contributed by atoms with van der Waals surface area (Å²) in [5.41, 5.74) is 6.97. The molecular formula is C10H9BrFN3S. The Morgan fingerprint density at radius 1 is 1.50 bits per heavy atom. The van der Waals surface area contributed by atoms with Crippen LogP contribution < -0.4 is 5.73 Å². The van der Waals surface area contributed by atoms with Gasteiger partial charge in [-0.2, -0.15) is 0 Å². The van der Waals surface area contributed by atoms with Crippen molar-refractivity contribution in [1.29, 1.82) is 0 Å². The summed E-state index contributed by atoms with van der Waals surface area (Å²) in [5.74, 6) is -0.261. The van der Waals surface area contributed by atoms with Gasteiger partial charge < -0.3 is 5.73 Å². The number of hydrogen-bond donors (Lipinski definition) is 1. The molecule has 0 bridgehead atoms. The fraction of sp³-hybridized carbons (Fsp3) is 0.200. The zero-order valence-corrected chi connectivity index (χ0v) is 10.6. The largest absolute Gasteiger partial charge is 0.323 e. The predicted octanol–water partition coefficient (Wildman–Crippen LogP) is 2.68. The molecule has 0 saturated heterocycles. The van der Waals surface area contributed by atoms with Crippen molar-refractivity contribution in [3.8, 4) is 0 Å². The van der Waals surface area contributed by atoms with Crippen molar-refractivity contribution >= 4 is 27.5 Å². The Hall–Kier alpha value is -0.850. The molecule has 1 atom stereocenters. The SMILES string of the molecule is NC(Cc1ccc(F)cc1Br)c1cnns1. The summed E-state index contributed by atoms with van der Waals surface area (Å²) in [6.45, 7) is 0. The first-order valence-electron chi connectivity index (χ1n) is 4.63. The van der Waals surface area contributed by atoms with Gasteiger partial charge in [0, 0.05) is 10.5 Å². The lowest BCUT2D eigenvalue weighted by Gasteiger charge is -2.10. The molecule has 0 spiro atoms. The fourth-order valence-electron chi connectivity index (χ4n) is 1.36. The monoisotopic (exact) mass is 301 g/mol. The maximum atomic E-state index is 12.9. The Balaban J connectivity index is 2.15. The normalized spacial score (nSPS) is 12.7. The van der Waals surface area contributed by atoms with Gasteiger partial charge in [-0.1, -0.05) is 26.5 Å². The van der Waals surface area contributed by atoms with E-state index in [2.05, 4.69) is 25.5 Å². The van der Waals surface area contributed by atoms with Gasteiger partial charge in [-0.25, -0.2) is 4.39 Å². The maximum absolute atomic E-state index is 12.9. The number of rotatable bonds is 3. The molecule has 2 N–H and O–H groups in total. The molecule has 1 unspecified atom stereocenters. The molecule has 2 aromatic rings. The third-order valence-corrected chi connectivity index (χ3v) is 3.73. The number of aromatic nitrogens is 2. The van der Waals surface area contributed by atoms with Gasteiger partial charge in [-0.3, -0.25) is 0 Å². The molecule has 0 fully saturated rings. The Kier molecular flexibility index (Phi) is 3.63. The highest BCUT2D eigenvalue weighted by molar-refractivity contribution is 9.10. The summed E-state index contributed by atoms with van der Waals surface area (Å²) in [7, 11) is 0. The number of benzene rings is 1. The topological polar surface area (TPSA) is 51.8 Å². The van der Waals surface area contributed by atoms with Crippen molar-refractivity contribution in [3.63, 3.8) is 0 Å². The van der Waals surface area contributed by atoms with E-state index in [4.69, 9.17) is 5.73 Å². The molecule has 3 nitrogen and oxygen atoms in total. The highest BCUT2D eigenvalue weighted by Crippen LogP contribution is 2.24. The van der Waals surface area contributed by atoms with Crippen molar-refractivity contribution in [1.82, 2.24) is 9.59 Å². The summed E-state index contributed by atoms with van der Waals surface area (Å²) in [4.78, 5) is 0.927. The van der Waals surface area contributed by atoms with Crippen LogP contribution in [0.3, 0.4) is 0 Å². The average Bonchev–Trinajstić information content (AvgIpc) is 2.75. The lowest BCUT2D eigenvalue weighted by Crippen LogP contribution is -2.12. The predicted molar refractivity (Wildman–Crippen MR) is 64.6 cm³/mol. The van der Waals surface area contributed by atoms with Crippen LogP contribution in [0, 0.1) is 5.82 Å². The van der Waals surface area contributed by atoms with Gasteiger partial charge in [-0.05, 0) is 35.6 Å². The van der Waals surface area contributed by atoms with E-state index >= 15 is 0 Å². The highest BCUT2D eigenvalue weighted by atomic mass is 79.9. The number of halogens is 2. The molecule has 1 heterocycles. The lowest BCUT2D eigenvalue weighted by atomic mass is 10.1. The van der Waals surface area contributed by atoms with Crippen LogP contribution in [-0.2, 0) is 6.42 Å². The first-order chi connectivity index (χ1) is 7.66. The first kappa shape index (κ1) is 11.6. The molecule has 1 aromatic carbocycles. The number of hydrogen-bond acceptors (Lipinski definition) is 4. The first-order valence-corrected chi connectivity index (χ1v) is 6.20. The van der Waals surface area contributed by atoms with Crippen LogP contribution in [0.4, 0.5) is 4.39 Å². The number of nitrogens with zero attached hydrogens (tertiary/aromatic N) is 2. The van der Waals surface area contributed by atoms with Crippen molar-refractivity contribution < 1.29 is 4.39 Å².